The number of carboxylic acid groups (broad SMARTS) is 1. The van der Waals surface area contributed by atoms with Gasteiger partial charge in [0.15, 0.2) is 34.0 Å². The van der Waals surface area contributed by atoms with Crippen molar-refractivity contribution in [3.63, 3.8) is 0 Å². The minimum atomic E-state index is -1.79. The summed E-state index contributed by atoms with van der Waals surface area (Å²) in [5.74, 6) is -4.97. The van der Waals surface area contributed by atoms with Gasteiger partial charge in [-0.1, -0.05) is 23.7 Å². The third-order valence-electron chi connectivity index (χ3n) is 4.33. The molecule has 0 bridgehead atoms. The van der Waals surface area contributed by atoms with E-state index in [1.54, 1.807) is 19.9 Å². The van der Waals surface area contributed by atoms with Gasteiger partial charge >= 0.3 is 11.9 Å². The first kappa shape index (κ1) is 26.5. The second-order valence-corrected chi connectivity index (χ2v) is 8.01. The molecular formula is C20H24ClFN6O6. The molecule has 1 aromatic carbocycles. The Morgan fingerprint density at radius 1 is 1.21 bits per heavy atom. The van der Waals surface area contributed by atoms with Crippen molar-refractivity contribution in [2.75, 3.05) is 31.2 Å². The predicted molar refractivity (Wildman–Crippen MR) is 120 cm³/mol. The van der Waals surface area contributed by atoms with Gasteiger partial charge in [-0.15, -0.1) is 0 Å². The molecule has 0 aliphatic rings. The number of carbonyl (C=O) groups is 3. The molecule has 1 heterocycles. The van der Waals surface area contributed by atoms with Crippen LogP contribution in [0, 0.1) is 5.82 Å². The number of carbonyl (C=O) groups excluding carboxylic acids is 2. The van der Waals surface area contributed by atoms with Gasteiger partial charge in [0.25, 0.3) is 5.91 Å². The molecule has 0 aliphatic heterocycles. The number of para-hydroxylation sites is 1. The van der Waals surface area contributed by atoms with Gasteiger partial charge in [-0.05, 0) is 26.0 Å². The van der Waals surface area contributed by atoms with E-state index in [1.165, 1.54) is 18.2 Å². The lowest BCUT2D eigenvalue weighted by Gasteiger charge is -2.29. The molecule has 184 valence electrons. The summed E-state index contributed by atoms with van der Waals surface area (Å²) in [6.45, 7) is 3.07. The highest BCUT2D eigenvalue weighted by atomic mass is 35.5. The van der Waals surface area contributed by atoms with Gasteiger partial charge in [-0.25, -0.2) is 23.9 Å². The van der Waals surface area contributed by atoms with Crippen LogP contribution in [0.1, 0.15) is 24.3 Å². The Bertz CT molecular complexity index is 1070. The standard InChI is InChI=1S/C20H24ClFN6O6/c1-20(2,9-25-17(29)13-15(23)28-16(24)14(21)27-13)26-7-10(34-19(32)18(30)31)8-33-12-6-4-3-5-11(12)22/h3-6,10,26H,7-9H2,1-2H3,(H,25,29)(H,30,31)(H4,23,24,28). The Morgan fingerprint density at radius 3 is 2.53 bits per heavy atom. The third-order valence-corrected chi connectivity index (χ3v) is 4.61. The van der Waals surface area contributed by atoms with Crippen molar-refractivity contribution >= 4 is 41.1 Å². The third kappa shape index (κ3) is 7.71. The number of aliphatic carboxylic acids is 1. The lowest BCUT2D eigenvalue weighted by atomic mass is 10.1. The van der Waals surface area contributed by atoms with E-state index in [0.717, 1.165) is 0 Å². The van der Waals surface area contributed by atoms with Gasteiger partial charge in [-0.3, -0.25) is 4.79 Å². The van der Waals surface area contributed by atoms with E-state index >= 15 is 0 Å². The van der Waals surface area contributed by atoms with Crippen LogP contribution >= 0.6 is 11.6 Å². The average Bonchev–Trinajstić information content (AvgIpc) is 2.77. The number of anilines is 2. The second-order valence-electron chi connectivity index (χ2n) is 7.65. The smallest absolute Gasteiger partial charge is 0.417 e. The maximum Gasteiger partial charge on any atom is 0.417 e. The Hall–Kier alpha value is -3.71. The van der Waals surface area contributed by atoms with Gasteiger partial charge in [-0.2, -0.15) is 0 Å². The highest BCUT2D eigenvalue weighted by Crippen LogP contribution is 2.18. The number of rotatable bonds is 10. The molecular weight excluding hydrogens is 475 g/mol. The summed E-state index contributed by atoms with van der Waals surface area (Å²) >= 11 is 5.79. The maximum atomic E-state index is 13.8. The number of hydrogen-bond donors (Lipinski definition) is 5. The van der Waals surface area contributed by atoms with E-state index < -0.39 is 35.3 Å². The first-order valence-electron chi connectivity index (χ1n) is 9.82. The van der Waals surface area contributed by atoms with Gasteiger partial charge in [0.2, 0.25) is 0 Å². The first-order chi connectivity index (χ1) is 15.9. The lowest BCUT2D eigenvalue weighted by molar-refractivity contribution is -0.168. The number of amides is 1. The lowest BCUT2D eigenvalue weighted by Crippen LogP contribution is -2.52. The van der Waals surface area contributed by atoms with Crippen molar-refractivity contribution in [2.45, 2.75) is 25.5 Å². The van der Waals surface area contributed by atoms with Gasteiger partial charge in [0.05, 0.1) is 0 Å². The van der Waals surface area contributed by atoms with Crippen LogP contribution in [0.15, 0.2) is 24.3 Å². The Balaban J connectivity index is 1.99. The Morgan fingerprint density at radius 2 is 1.88 bits per heavy atom. The van der Waals surface area contributed by atoms with E-state index in [1.807, 2.05) is 0 Å². The molecule has 2 rings (SSSR count). The predicted octanol–water partition coefficient (Wildman–Crippen LogP) is 0.607. The van der Waals surface area contributed by atoms with Gasteiger partial charge in [0.1, 0.15) is 12.7 Å². The molecule has 0 spiro atoms. The van der Waals surface area contributed by atoms with Gasteiger partial charge < -0.3 is 36.7 Å². The van der Waals surface area contributed by atoms with E-state index in [-0.39, 0.29) is 47.9 Å². The number of carboxylic acids is 1. The van der Waals surface area contributed by atoms with Crippen LogP contribution in [0.2, 0.25) is 5.15 Å². The van der Waals surface area contributed by atoms with Crippen LogP contribution in [0.25, 0.3) is 0 Å². The zero-order valence-electron chi connectivity index (χ0n) is 18.3. The number of ether oxygens (including phenoxy) is 2. The molecule has 1 aromatic heterocycles. The second kappa shape index (κ2) is 11.4. The van der Waals surface area contributed by atoms with Crippen molar-refractivity contribution < 1.29 is 33.4 Å². The molecule has 14 heteroatoms. The fraction of sp³-hybridized carbons (Fsp3) is 0.350. The van der Waals surface area contributed by atoms with Crippen molar-refractivity contribution in [1.82, 2.24) is 20.6 Å². The highest BCUT2D eigenvalue weighted by Gasteiger charge is 2.26. The van der Waals surface area contributed by atoms with Crippen LogP contribution in [0.5, 0.6) is 5.75 Å². The normalized spacial score (nSPS) is 12.0. The van der Waals surface area contributed by atoms with E-state index in [9.17, 15) is 18.8 Å². The minimum absolute atomic E-state index is 0.0444. The van der Waals surface area contributed by atoms with Crippen molar-refractivity contribution in [3.05, 3.63) is 40.9 Å². The van der Waals surface area contributed by atoms with Crippen LogP contribution in [0.3, 0.4) is 0 Å². The zero-order chi connectivity index (χ0) is 25.5. The molecule has 0 saturated heterocycles. The first-order valence-corrected chi connectivity index (χ1v) is 10.2. The fourth-order valence-electron chi connectivity index (χ4n) is 2.53. The van der Waals surface area contributed by atoms with Crippen molar-refractivity contribution in [2.24, 2.45) is 0 Å². The molecule has 2 aromatic rings. The van der Waals surface area contributed by atoms with Crippen molar-refractivity contribution in [3.8, 4) is 5.75 Å². The van der Waals surface area contributed by atoms with E-state index in [0.29, 0.717) is 0 Å². The van der Waals surface area contributed by atoms with Crippen LogP contribution in [-0.4, -0.2) is 64.3 Å². The monoisotopic (exact) mass is 498 g/mol. The number of halogens is 2. The number of benzene rings is 1. The topological polar surface area (TPSA) is 192 Å². The Labute approximate surface area is 198 Å². The number of nitrogen functional groups attached to an aromatic ring is 2. The summed E-state index contributed by atoms with van der Waals surface area (Å²) in [6, 6.07) is 5.57. The number of hydrogen-bond acceptors (Lipinski definition) is 10. The van der Waals surface area contributed by atoms with E-state index in [4.69, 9.17) is 37.6 Å². The highest BCUT2D eigenvalue weighted by molar-refractivity contribution is 6.31. The fourth-order valence-corrected chi connectivity index (χ4v) is 2.65. The summed E-state index contributed by atoms with van der Waals surface area (Å²) in [4.78, 5) is 42.4. The SMILES string of the molecule is CC(C)(CNC(=O)c1nc(Cl)c(N)nc1N)NCC(COc1ccccc1F)OC(=O)C(=O)O. The summed E-state index contributed by atoms with van der Waals surface area (Å²) < 4.78 is 24.0. The molecule has 1 atom stereocenters. The van der Waals surface area contributed by atoms with E-state index in [2.05, 4.69) is 20.6 Å². The van der Waals surface area contributed by atoms with Gasteiger partial charge in [0, 0.05) is 18.6 Å². The summed E-state index contributed by atoms with van der Waals surface area (Å²) in [6.07, 6.45) is -1.09. The zero-order valence-corrected chi connectivity index (χ0v) is 19.1. The molecule has 34 heavy (non-hydrogen) atoms. The molecule has 0 saturated carbocycles. The quantitative estimate of drug-likeness (QED) is 0.227. The number of nitrogens with two attached hydrogens (primary N) is 2. The van der Waals surface area contributed by atoms with Crippen LogP contribution < -0.4 is 26.8 Å². The molecule has 1 amide bonds. The van der Waals surface area contributed by atoms with Crippen molar-refractivity contribution in [1.29, 1.82) is 0 Å². The maximum absolute atomic E-state index is 13.8. The Kier molecular flexibility index (Phi) is 8.92. The molecule has 0 fully saturated rings. The molecule has 0 radical (unpaired) electrons. The minimum Gasteiger partial charge on any atom is -0.487 e. The summed E-state index contributed by atoms with van der Waals surface area (Å²) in [5.41, 5.74) is 10.2. The number of nitrogens with zero attached hydrogens (tertiary/aromatic N) is 2. The molecule has 0 aliphatic carbocycles. The number of esters is 1. The van der Waals surface area contributed by atoms with Crippen LogP contribution in [-0.2, 0) is 14.3 Å². The average molecular weight is 499 g/mol. The number of nitrogens with one attached hydrogen (secondary N) is 2. The largest absolute Gasteiger partial charge is 0.487 e. The van der Waals surface area contributed by atoms with Crippen LogP contribution in [0.4, 0.5) is 16.0 Å². The summed E-state index contributed by atoms with van der Waals surface area (Å²) in [5, 5.41) is 14.3. The molecule has 7 N–H and O–H groups in total. The molecule has 12 nitrogen and oxygen atoms in total. The summed E-state index contributed by atoms with van der Waals surface area (Å²) in [7, 11) is 0. The number of aromatic nitrogens is 2. The molecule has 1 unspecified atom stereocenters.